The molecule has 0 aliphatic heterocycles. The fraction of sp³-hybridized carbons (Fsp3) is 0.278. The summed E-state index contributed by atoms with van der Waals surface area (Å²) in [5.41, 5.74) is 2.93. The summed E-state index contributed by atoms with van der Waals surface area (Å²) in [6.45, 7) is 5.97. The Hall–Kier alpha value is -4.34. The molecule has 0 heterocycles. The molecule has 0 aliphatic rings. The molecule has 1 N–H and O–H groups in total. The van der Waals surface area contributed by atoms with Gasteiger partial charge in [-0.15, -0.1) is 0 Å². The van der Waals surface area contributed by atoms with Crippen molar-refractivity contribution in [2.45, 2.75) is 51.1 Å². The number of halogens is 1. The number of anilines is 1. The Labute approximate surface area is 277 Å². The number of carbonyl (C=O) groups excluding carboxylic acids is 2. The number of nitrogens with zero attached hydrogens (tertiary/aromatic N) is 2. The van der Waals surface area contributed by atoms with Crippen molar-refractivity contribution in [3.63, 3.8) is 0 Å². The standard InChI is InChI=1S/C36H40ClN3O5S/c1-4-23-38-36(42)33(24-28-11-7-6-8-12-28)39(25-29-17-15-27(3)16-18-29)35(41)26-40(32-13-9-10-14-34(32)45-5-2)46(43,44)31-21-19-30(37)20-22-31/h6-22,33H,4-5,23-26H2,1-3H3,(H,38,42)/t33-/m0/s1. The molecule has 242 valence electrons. The van der Waals surface area contributed by atoms with Crippen LogP contribution >= 0.6 is 11.6 Å². The molecule has 4 aromatic carbocycles. The molecule has 46 heavy (non-hydrogen) atoms. The molecule has 0 aromatic heterocycles. The summed E-state index contributed by atoms with van der Waals surface area (Å²) in [6, 6.07) is 28.7. The second-order valence-corrected chi connectivity index (χ2v) is 13.2. The topological polar surface area (TPSA) is 96.0 Å². The molecule has 4 rings (SSSR count). The molecule has 0 spiro atoms. The van der Waals surface area contributed by atoms with E-state index in [9.17, 15) is 18.0 Å². The quantitative estimate of drug-likeness (QED) is 0.159. The van der Waals surface area contributed by atoms with Gasteiger partial charge >= 0.3 is 0 Å². The van der Waals surface area contributed by atoms with E-state index in [1.807, 2.05) is 68.4 Å². The van der Waals surface area contributed by atoms with E-state index in [2.05, 4.69) is 5.32 Å². The average molecular weight is 662 g/mol. The van der Waals surface area contributed by atoms with Crippen LogP contribution in [0.5, 0.6) is 5.75 Å². The molecule has 2 amide bonds. The highest BCUT2D eigenvalue weighted by Gasteiger charge is 2.35. The van der Waals surface area contributed by atoms with Gasteiger partial charge in [0.15, 0.2) is 0 Å². The second-order valence-electron chi connectivity index (χ2n) is 10.9. The minimum absolute atomic E-state index is 0.0392. The first-order valence-corrected chi connectivity index (χ1v) is 17.1. The van der Waals surface area contributed by atoms with Crippen molar-refractivity contribution >= 4 is 39.1 Å². The predicted octanol–water partition coefficient (Wildman–Crippen LogP) is 6.41. The third-order valence-electron chi connectivity index (χ3n) is 7.41. The van der Waals surface area contributed by atoms with Crippen LogP contribution in [-0.4, -0.2) is 50.9 Å². The molecular weight excluding hydrogens is 622 g/mol. The molecule has 4 aromatic rings. The lowest BCUT2D eigenvalue weighted by molar-refractivity contribution is -0.140. The highest BCUT2D eigenvalue weighted by atomic mass is 35.5. The maximum absolute atomic E-state index is 14.6. The molecule has 10 heteroatoms. The van der Waals surface area contributed by atoms with Crippen LogP contribution in [0.15, 0.2) is 108 Å². The van der Waals surface area contributed by atoms with E-state index in [1.165, 1.54) is 29.2 Å². The summed E-state index contributed by atoms with van der Waals surface area (Å²) >= 11 is 6.08. The van der Waals surface area contributed by atoms with Crippen molar-refractivity contribution in [3.8, 4) is 5.75 Å². The summed E-state index contributed by atoms with van der Waals surface area (Å²) < 4.78 is 35.4. The van der Waals surface area contributed by atoms with Crippen LogP contribution in [0.4, 0.5) is 5.69 Å². The summed E-state index contributed by atoms with van der Waals surface area (Å²) in [6.07, 6.45) is 0.963. The molecule has 8 nitrogen and oxygen atoms in total. The smallest absolute Gasteiger partial charge is 0.264 e. The largest absolute Gasteiger partial charge is 0.492 e. The lowest BCUT2D eigenvalue weighted by Crippen LogP contribution is -2.53. The van der Waals surface area contributed by atoms with E-state index < -0.39 is 28.5 Å². The van der Waals surface area contributed by atoms with Crippen LogP contribution in [0, 0.1) is 6.92 Å². The lowest BCUT2D eigenvalue weighted by atomic mass is 10.0. The molecule has 0 saturated heterocycles. The van der Waals surface area contributed by atoms with Crippen LogP contribution < -0.4 is 14.4 Å². The molecule has 0 fully saturated rings. The predicted molar refractivity (Wildman–Crippen MR) is 183 cm³/mol. The number of carbonyl (C=O) groups is 2. The molecular formula is C36H40ClN3O5S. The minimum atomic E-state index is -4.29. The molecule has 0 saturated carbocycles. The van der Waals surface area contributed by atoms with Crippen LogP contribution in [-0.2, 0) is 32.6 Å². The zero-order chi connectivity index (χ0) is 33.1. The first-order valence-electron chi connectivity index (χ1n) is 15.3. The maximum Gasteiger partial charge on any atom is 0.264 e. The molecule has 0 unspecified atom stereocenters. The summed E-state index contributed by atoms with van der Waals surface area (Å²) in [5, 5.41) is 3.34. The van der Waals surface area contributed by atoms with Gasteiger partial charge in [-0.05, 0) is 67.8 Å². The SMILES string of the molecule is CCCNC(=O)[C@H](Cc1ccccc1)N(Cc1ccc(C)cc1)C(=O)CN(c1ccccc1OCC)S(=O)(=O)c1ccc(Cl)cc1. The van der Waals surface area contributed by atoms with Gasteiger partial charge in [0.25, 0.3) is 10.0 Å². The fourth-order valence-corrected chi connectivity index (χ4v) is 6.55. The Morgan fingerprint density at radius 3 is 2.15 bits per heavy atom. The van der Waals surface area contributed by atoms with Crippen molar-refractivity contribution in [2.24, 2.45) is 0 Å². The number of amides is 2. The number of aryl methyl sites for hydroxylation is 1. The van der Waals surface area contributed by atoms with Crippen molar-refractivity contribution in [1.29, 1.82) is 0 Å². The number of benzene rings is 4. The Morgan fingerprint density at radius 2 is 1.50 bits per heavy atom. The van der Waals surface area contributed by atoms with Gasteiger partial charge in [-0.1, -0.05) is 90.8 Å². The number of para-hydroxylation sites is 2. The first kappa shape index (κ1) is 34.5. The van der Waals surface area contributed by atoms with Gasteiger partial charge in [-0.2, -0.15) is 0 Å². The van der Waals surface area contributed by atoms with Gasteiger partial charge in [0, 0.05) is 24.5 Å². The Morgan fingerprint density at radius 1 is 0.848 bits per heavy atom. The zero-order valence-electron chi connectivity index (χ0n) is 26.4. The van der Waals surface area contributed by atoms with Crippen molar-refractivity contribution in [2.75, 3.05) is 24.0 Å². The molecule has 0 radical (unpaired) electrons. The van der Waals surface area contributed by atoms with Gasteiger partial charge in [-0.3, -0.25) is 13.9 Å². The number of hydrogen-bond acceptors (Lipinski definition) is 5. The molecule has 1 atom stereocenters. The average Bonchev–Trinajstić information content (AvgIpc) is 3.06. The van der Waals surface area contributed by atoms with Crippen molar-refractivity contribution < 1.29 is 22.7 Å². The summed E-state index contributed by atoms with van der Waals surface area (Å²) in [7, 11) is -4.29. The van der Waals surface area contributed by atoms with Crippen molar-refractivity contribution in [1.82, 2.24) is 10.2 Å². The summed E-state index contributed by atoms with van der Waals surface area (Å²) in [4.78, 5) is 29.8. The highest BCUT2D eigenvalue weighted by Crippen LogP contribution is 2.33. The highest BCUT2D eigenvalue weighted by molar-refractivity contribution is 7.92. The van der Waals surface area contributed by atoms with E-state index in [0.29, 0.717) is 17.3 Å². The van der Waals surface area contributed by atoms with Crippen molar-refractivity contribution in [3.05, 3.63) is 125 Å². The van der Waals surface area contributed by atoms with Crippen LogP contribution in [0.1, 0.15) is 37.0 Å². The van der Waals surface area contributed by atoms with Crippen LogP contribution in [0.3, 0.4) is 0 Å². The van der Waals surface area contributed by atoms with E-state index in [0.717, 1.165) is 27.4 Å². The number of hydrogen-bond donors (Lipinski definition) is 1. The second kappa shape index (κ2) is 16.3. The number of sulfonamides is 1. The number of rotatable bonds is 15. The molecule has 0 aliphatic carbocycles. The van der Waals surface area contributed by atoms with E-state index >= 15 is 0 Å². The monoisotopic (exact) mass is 661 g/mol. The van der Waals surface area contributed by atoms with Gasteiger partial charge in [0.2, 0.25) is 11.8 Å². The third kappa shape index (κ3) is 8.89. The van der Waals surface area contributed by atoms with Crippen LogP contribution in [0.25, 0.3) is 0 Å². The number of nitrogens with one attached hydrogen (secondary N) is 1. The van der Waals surface area contributed by atoms with Gasteiger partial charge in [-0.25, -0.2) is 8.42 Å². The molecule has 0 bridgehead atoms. The third-order valence-corrected chi connectivity index (χ3v) is 9.43. The maximum atomic E-state index is 14.6. The lowest BCUT2D eigenvalue weighted by Gasteiger charge is -2.34. The van der Waals surface area contributed by atoms with Gasteiger partial charge in [0.1, 0.15) is 18.3 Å². The number of ether oxygens (including phenoxy) is 1. The Balaban J connectivity index is 1.82. The van der Waals surface area contributed by atoms with Gasteiger partial charge < -0.3 is 15.0 Å². The first-order chi connectivity index (χ1) is 22.1. The Bertz CT molecular complexity index is 1700. The van der Waals surface area contributed by atoms with Gasteiger partial charge in [0.05, 0.1) is 17.2 Å². The van der Waals surface area contributed by atoms with E-state index in [1.54, 1.807) is 31.2 Å². The minimum Gasteiger partial charge on any atom is -0.492 e. The van der Waals surface area contributed by atoms with E-state index in [-0.39, 0.29) is 36.1 Å². The Kier molecular flexibility index (Phi) is 12.2. The van der Waals surface area contributed by atoms with Crippen LogP contribution in [0.2, 0.25) is 5.02 Å². The van der Waals surface area contributed by atoms with E-state index in [4.69, 9.17) is 16.3 Å². The zero-order valence-corrected chi connectivity index (χ0v) is 27.9. The fourth-order valence-electron chi connectivity index (χ4n) is 5.00. The normalized spacial score (nSPS) is 11.8. The summed E-state index contributed by atoms with van der Waals surface area (Å²) in [5.74, 6) is -0.549.